The molecule has 0 saturated carbocycles. The number of hydrogen-bond donors (Lipinski definition) is 2. The molecule has 144 valence electrons. The minimum atomic E-state index is -0.552. The van der Waals surface area contributed by atoms with Crippen molar-refractivity contribution < 1.29 is 14.4 Å². The Kier molecular flexibility index (Phi) is 4.97. The van der Waals surface area contributed by atoms with Gasteiger partial charge in [0.1, 0.15) is 6.04 Å². The van der Waals surface area contributed by atoms with Crippen LogP contribution in [0.3, 0.4) is 0 Å². The van der Waals surface area contributed by atoms with Gasteiger partial charge in [-0.05, 0) is 50.0 Å². The van der Waals surface area contributed by atoms with Crippen molar-refractivity contribution >= 4 is 17.7 Å². The van der Waals surface area contributed by atoms with Crippen molar-refractivity contribution in [1.29, 1.82) is 0 Å². The summed E-state index contributed by atoms with van der Waals surface area (Å²) in [5, 5.41) is 5.84. The van der Waals surface area contributed by atoms with E-state index in [0.29, 0.717) is 24.6 Å². The number of hydrogen-bond acceptors (Lipinski definition) is 5. The molecule has 2 atom stereocenters. The fourth-order valence-electron chi connectivity index (χ4n) is 4.30. The summed E-state index contributed by atoms with van der Waals surface area (Å²) in [6, 6.07) is 5.99. The first-order valence-corrected chi connectivity index (χ1v) is 9.73. The van der Waals surface area contributed by atoms with Crippen molar-refractivity contribution in [2.75, 3.05) is 19.6 Å². The monoisotopic (exact) mass is 370 g/mol. The number of carbonyl (C=O) groups excluding carboxylic acids is 3. The number of nitrogens with zero attached hydrogens (tertiary/aromatic N) is 2. The molecule has 0 radical (unpaired) electrons. The van der Waals surface area contributed by atoms with Crippen LogP contribution >= 0.6 is 0 Å². The third-order valence-corrected chi connectivity index (χ3v) is 5.67. The highest BCUT2D eigenvalue weighted by Crippen LogP contribution is 2.28. The van der Waals surface area contributed by atoms with E-state index < -0.39 is 6.04 Å². The zero-order valence-electron chi connectivity index (χ0n) is 15.7. The van der Waals surface area contributed by atoms with Crippen LogP contribution in [0.2, 0.25) is 0 Å². The summed E-state index contributed by atoms with van der Waals surface area (Å²) in [7, 11) is 0. The highest BCUT2D eigenvalue weighted by Gasteiger charge is 2.39. The number of piperidine rings is 1. The van der Waals surface area contributed by atoms with Crippen molar-refractivity contribution in [3.63, 3.8) is 0 Å². The molecule has 2 saturated heterocycles. The summed E-state index contributed by atoms with van der Waals surface area (Å²) < 4.78 is 0. The Morgan fingerprint density at radius 1 is 1.22 bits per heavy atom. The maximum absolute atomic E-state index is 12.9. The summed E-state index contributed by atoms with van der Waals surface area (Å²) in [5.74, 6) is -0.727. The average molecular weight is 370 g/mol. The summed E-state index contributed by atoms with van der Waals surface area (Å²) in [6.45, 7) is 6.54. The third-order valence-electron chi connectivity index (χ3n) is 5.67. The van der Waals surface area contributed by atoms with Crippen LogP contribution in [0, 0.1) is 0 Å². The molecule has 27 heavy (non-hydrogen) atoms. The van der Waals surface area contributed by atoms with Gasteiger partial charge in [-0.25, -0.2) is 0 Å². The number of benzene rings is 1. The van der Waals surface area contributed by atoms with Gasteiger partial charge in [-0.1, -0.05) is 12.1 Å². The zero-order chi connectivity index (χ0) is 19.0. The fourth-order valence-corrected chi connectivity index (χ4v) is 4.30. The van der Waals surface area contributed by atoms with E-state index in [9.17, 15) is 14.4 Å². The van der Waals surface area contributed by atoms with E-state index in [4.69, 9.17) is 0 Å². The van der Waals surface area contributed by atoms with Crippen molar-refractivity contribution in [1.82, 2.24) is 20.4 Å². The molecule has 0 aliphatic carbocycles. The van der Waals surface area contributed by atoms with Gasteiger partial charge in [-0.15, -0.1) is 0 Å². The molecule has 1 aromatic rings. The maximum atomic E-state index is 12.9. The first-order chi connectivity index (χ1) is 13.0. The molecule has 3 aliphatic rings. The smallest absolute Gasteiger partial charge is 0.255 e. The van der Waals surface area contributed by atoms with E-state index in [-0.39, 0.29) is 24.1 Å². The van der Waals surface area contributed by atoms with Crippen LogP contribution in [0.15, 0.2) is 18.2 Å². The van der Waals surface area contributed by atoms with Gasteiger partial charge >= 0.3 is 0 Å². The van der Waals surface area contributed by atoms with Crippen molar-refractivity contribution in [3.8, 4) is 0 Å². The van der Waals surface area contributed by atoms with E-state index in [0.717, 1.165) is 43.7 Å². The molecule has 2 N–H and O–H groups in total. The lowest BCUT2D eigenvalue weighted by Gasteiger charge is -2.29. The number of imide groups is 1. The number of fused-ring (bicyclic) bond motifs is 1. The van der Waals surface area contributed by atoms with Crippen LogP contribution < -0.4 is 10.6 Å². The number of rotatable bonds is 3. The van der Waals surface area contributed by atoms with Gasteiger partial charge in [0, 0.05) is 37.7 Å². The molecular weight excluding hydrogens is 344 g/mol. The molecule has 3 amide bonds. The summed E-state index contributed by atoms with van der Waals surface area (Å²) >= 11 is 0. The molecular formula is C20H26N4O3. The van der Waals surface area contributed by atoms with Crippen LogP contribution in [-0.2, 0) is 22.7 Å². The quantitative estimate of drug-likeness (QED) is 0.763. The molecule has 0 spiro atoms. The average Bonchev–Trinajstić information content (AvgIpc) is 2.80. The second kappa shape index (κ2) is 7.40. The van der Waals surface area contributed by atoms with Crippen molar-refractivity contribution in [3.05, 3.63) is 34.9 Å². The summed E-state index contributed by atoms with van der Waals surface area (Å²) in [6.07, 6.45) is 1.80. The topological polar surface area (TPSA) is 81.8 Å². The predicted molar refractivity (Wildman–Crippen MR) is 99.8 cm³/mol. The molecule has 4 rings (SSSR count). The molecule has 0 aromatic heterocycles. The Morgan fingerprint density at radius 3 is 2.89 bits per heavy atom. The normalized spacial score (nSPS) is 26.7. The lowest BCUT2D eigenvalue weighted by atomic mass is 10.0. The van der Waals surface area contributed by atoms with Gasteiger partial charge in [0.05, 0.1) is 0 Å². The SMILES string of the molecule is CC1CN(Cc2ccc3c(c2)C(=O)N(C2CCC(=O)NC2=O)C3)CCCN1. The molecule has 3 heterocycles. The van der Waals surface area contributed by atoms with Crippen molar-refractivity contribution in [2.45, 2.75) is 51.4 Å². The molecule has 1 aromatic carbocycles. The standard InChI is InChI=1S/C20H26N4O3/c1-13-10-23(8-2-7-21-13)11-14-3-4-15-12-24(20(27)16(15)9-14)17-5-6-18(25)22-19(17)26/h3-4,9,13,17,21H,2,5-8,10-12H2,1H3,(H,22,25,26). The zero-order valence-corrected chi connectivity index (χ0v) is 15.7. The van der Waals surface area contributed by atoms with Crippen molar-refractivity contribution in [2.24, 2.45) is 0 Å². The highest BCUT2D eigenvalue weighted by molar-refractivity contribution is 6.05. The molecule has 2 fully saturated rings. The fraction of sp³-hybridized carbons (Fsp3) is 0.550. The van der Waals surface area contributed by atoms with E-state index in [1.54, 1.807) is 4.90 Å². The first kappa shape index (κ1) is 18.1. The lowest BCUT2D eigenvalue weighted by Crippen LogP contribution is -2.52. The van der Waals surface area contributed by atoms with Crippen LogP contribution in [0.1, 0.15) is 47.7 Å². The van der Waals surface area contributed by atoms with Gasteiger partial charge in [-0.2, -0.15) is 0 Å². The second-order valence-electron chi connectivity index (χ2n) is 7.84. The van der Waals surface area contributed by atoms with Crippen LogP contribution in [0.4, 0.5) is 0 Å². The maximum Gasteiger partial charge on any atom is 0.255 e. The van der Waals surface area contributed by atoms with Gasteiger partial charge in [0.15, 0.2) is 0 Å². The van der Waals surface area contributed by atoms with Gasteiger partial charge in [0.2, 0.25) is 11.8 Å². The Labute approximate surface area is 159 Å². The minimum absolute atomic E-state index is 0.104. The summed E-state index contributed by atoms with van der Waals surface area (Å²) in [4.78, 5) is 40.5. The number of nitrogens with one attached hydrogen (secondary N) is 2. The van der Waals surface area contributed by atoms with Gasteiger partial charge in [-0.3, -0.25) is 24.6 Å². The van der Waals surface area contributed by atoms with Gasteiger partial charge in [0.25, 0.3) is 5.91 Å². The predicted octanol–water partition coefficient (Wildman–Crippen LogP) is 0.631. The number of amides is 3. The summed E-state index contributed by atoms with van der Waals surface area (Å²) in [5.41, 5.74) is 2.78. The molecule has 3 aliphatic heterocycles. The number of carbonyl (C=O) groups is 3. The Bertz CT molecular complexity index is 778. The molecule has 0 bridgehead atoms. The van der Waals surface area contributed by atoms with E-state index in [1.807, 2.05) is 12.1 Å². The second-order valence-corrected chi connectivity index (χ2v) is 7.84. The molecule has 2 unspecified atom stereocenters. The van der Waals surface area contributed by atoms with Gasteiger partial charge < -0.3 is 10.2 Å². The first-order valence-electron chi connectivity index (χ1n) is 9.73. The van der Waals surface area contributed by atoms with Crippen LogP contribution in [0.5, 0.6) is 0 Å². The largest absolute Gasteiger partial charge is 0.322 e. The molecule has 7 heteroatoms. The Morgan fingerprint density at radius 2 is 2.07 bits per heavy atom. The molecule has 7 nitrogen and oxygen atoms in total. The minimum Gasteiger partial charge on any atom is -0.322 e. The third kappa shape index (κ3) is 3.75. The van der Waals surface area contributed by atoms with E-state index in [2.05, 4.69) is 28.5 Å². The Balaban J connectivity index is 1.48. The van der Waals surface area contributed by atoms with Crippen LogP contribution in [-0.4, -0.2) is 59.2 Å². The Hall–Kier alpha value is -2.25. The highest BCUT2D eigenvalue weighted by atomic mass is 16.2. The lowest BCUT2D eigenvalue weighted by molar-refractivity contribution is -0.136. The van der Waals surface area contributed by atoms with Crippen LogP contribution in [0.25, 0.3) is 0 Å². The van der Waals surface area contributed by atoms with E-state index >= 15 is 0 Å². The van der Waals surface area contributed by atoms with E-state index in [1.165, 1.54) is 0 Å².